The minimum absolute atomic E-state index is 0.0309. The van der Waals surface area contributed by atoms with E-state index in [2.05, 4.69) is 25.9 Å². The van der Waals surface area contributed by atoms with Gasteiger partial charge in [0.15, 0.2) is 0 Å². The average molecular weight is 361 g/mol. The fourth-order valence-electron chi connectivity index (χ4n) is 1.33. The molecule has 0 amide bonds. The van der Waals surface area contributed by atoms with Crippen LogP contribution in [0.4, 0.5) is 5.69 Å². The Morgan fingerprint density at radius 2 is 2.20 bits per heavy atom. The van der Waals surface area contributed by atoms with Gasteiger partial charge in [0.05, 0.1) is 22.7 Å². The summed E-state index contributed by atoms with van der Waals surface area (Å²) in [6, 6.07) is 4.00. The molecule has 0 unspecified atom stereocenters. The van der Waals surface area contributed by atoms with E-state index in [0.29, 0.717) is 10.4 Å². The maximum Gasteiger partial charge on any atom is 0.325 e. The van der Waals surface area contributed by atoms with Crippen LogP contribution in [0.1, 0.15) is 0 Å². The van der Waals surface area contributed by atoms with Gasteiger partial charge in [0.25, 0.3) is 5.69 Å². The van der Waals surface area contributed by atoms with Crippen LogP contribution in [0, 0.1) is 10.1 Å². The van der Waals surface area contributed by atoms with E-state index in [1.165, 1.54) is 31.5 Å². The zero-order valence-electron chi connectivity index (χ0n) is 10.0. The first-order chi connectivity index (χ1) is 9.51. The highest BCUT2D eigenvalue weighted by Gasteiger charge is 2.14. The highest BCUT2D eigenvalue weighted by Crippen LogP contribution is 2.31. The Bertz CT molecular complexity index is 668. The van der Waals surface area contributed by atoms with Gasteiger partial charge in [-0.1, -0.05) is 11.6 Å². The molecule has 1 heterocycles. The standard InChI is InChI=1S/C11H7BrClN3O4/c1-19-10-7(12)5-14-11(15-10)20-6-2-3-9(16(17)18)8(13)4-6/h2-5H,1H3. The summed E-state index contributed by atoms with van der Waals surface area (Å²) in [6.45, 7) is 0. The predicted molar refractivity (Wildman–Crippen MR) is 74.5 cm³/mol. The molecule has 0 N–H and O–H groups in total. The second-order valence-electron chi connectivity index (χ2n) is 3.48. The normalized spacial score (nSPS) is 10.2. The van der Waals surface area contributed by atoms with Gasteiger partial charge in [-0.3, -0.25) is 10.1 Å². The van der Waals surface area contributed by atoms with Gasteiger partial charge in [-0.2, -0.15) is 4.98 Å². The van der Waals surface area contributed by atoms with Crippen LogP contribution in [0.15, 0.2) is 28.9 Å². The van der Waals surface area contributed by atoms with Crippen LogP contribution >= 0.6 is 27.5 Å². The molecular formula is C11H7BrClN3O4. The third-order valence-electron chi connectivity index (χ3n) is 2.21. The quantitative estimate of drug-likeness (QED) is 0.611. The Balaban J connectivity index is 2.26. The summed E-state index contributed by atoms with van der Waals surface area (Å²) in [7, 11) is 1.46. The van der Waals surface area contributed by atoms with E-state index in [1.807, 2.05) is 0 Å². The van der Waals surface area contributed by atoms with Crippen molar-refractivity contribution in [2.75, 3.05) is 7.11 Å². The Labute approximate surface area is 126 Å². The van der Waals surface area contributed by atoms with Crippen LogP contribution in [0.5, 0.6) is 17.6 Å². The first kappa shape index (κ1) is 14.5. The maximum absolute atomic E-state index is 10.6. The van der Waals surface area contributed by atoms with Crippen molar-refractivity contribution < 1.29 is 14.4 Å². The number of nitro benzene ring substituents is 1. The molecule has 0 atom stereocenters. The van der Waals surface area contributed by atoms with E-state index in [-0.39, 0.29) is 22.5 Å². The third-order valence-corrected chi connectivity index (χ3v) is 3.05. The summed E-state index contributed by atoms with van der Waals surface area (Å²) in [5, 5.41) is 10.6. The van der Waals surface area contributed by atoms with Crippen molar-refractivity contribution in [2.24, 2.45) is 0 Å². The summed E-state index contributed by atoms with van der Waals surface area (Å²) in [5.41, 5.74) is -0.201. The second-order valence-corrected chi connectivity index (χ2v) is 4.74. The minimum Gasteiger partial charge on any atom is -0.480 e. The van der Waals surface area contributed by atoms with Gasteiger partial charge in [0.1, 0.15) is 10.8 Å². The van der Waals surface area contributed by atoms with E-state index in [1.54, 1.807) is 0 Å². The number of nitro groups is 1. The molecule has 0 aliphatic rings. The van der Waals surface area contributed by atoms with E-state index < -0.39 is 4.92 Å². The molecule has 1 aromatic carbocycles. The summed E-state index contributed by atoms with van der Waals surface area (Å²) in [6.07, 6.45) is 1.47. The van der Waals surface area contributed by atoms with Crippen molar-refractivity contribution >= 4 is 33.2 Å². The molecule has 9 heteroatoms. The molecule has 0 aliphatic carbocycles. The summed E-state index contributed by atoms with van der Waals surface area (Å²) < 4.78 is 10.9. The molecule has 0 spiro atoms. The molecule has 104 valence electrons. The van der Waals surface area contributed by atoms with Crippen molar-refractivity contribution in [3.8, 4) is 17.6 Å². The van der Waals surface area contributed by atoms with Crippen LogP contribution in [0.3, 0.4) is 0 Å². The van der Waals surface area contributed by atoms with Gasteiger partial charge < -0.3 is 9.47 Å². The molecule has 0 radical (unpaired) electrons. The van der Waals surface area contributed by atoms with Gasteiger partial charge in [0.2, 0.25) is 5.88 Å². The average Bonchev–Trinajstić information content (AvgIpc) is 2.40. The summed E-state index contributed by atoms with van der Waals surface area (Å²) in [4.78, 5) is 18.0. The highest BCUT2D eigenvalue weighted by atomic mass is 79.9. The SMILES string of the molecule is COc1nc(Oc2ccc([N+](=O)[O-])c(Cl)c2)ncc1Br. The molecular weight excluding hydrogens is 353 g/mol. The highest BCUT2D eigenvalue weighted by molar-refractivity contribution is 9.10. The molecule has 2 aromatic rings. The molecule has 0 fully saturated rings. The number of hydrogen-bond donors (Lipinski definition) is 0. The van der Waals surface area contributed by atoms with Crippen LogP contribution in [0.2, 0.25) is 5.02 Å². The first-order valence-electron chi connectivity index (χ1n) is 5.19. The second kappa shape index (κ2) is 6.02. The van der Waals surface area contributed by atoms with E-state index in [9.17, 15) is 10.1 Å². The van der Waals surface area contributed by atoms with Gasteiger partial charge in [-0.15, -0.1) is 0 Å². The van der Waals surface area contributed by atoms with Crippen molar-refractivity contribution in [1.29, 1.82) is 0 Å². The van der Waals surface area contributed by atoms with E-state index in [4.69, 9.17) is 21.1 Å². The molecule has 0 saturated heterocycles. The van der Waals surface area contributed by atoms with Gasteiger partial charge in [0, 0.05) is 12.1 Å². The van der Waals surface area contributed by atoms with Crippen molar-refractivity contribution in [3.63, 3.8) is 0 Å². The monoisotopic (exact) mass is 359 g/mol. The molecule has 7 nitrogen and oxygen atoms in total. The molecule has 2 rings (SSSR count). The van der Waals surface area contributed by atoms with Crippen molar-refractivity contribution in [3.05, 3.63) is 44.0 Å². The molecule has 0 aliphatic heterocycles. The van der Waals surface area contributed by atoms with Crippen LogP contribution in [-0.4, -0.2) is 22.0 Å². The Kier molecular flexibility index (Phi) is 4.35. The number of halogens is 2. The van der Waals surface area contributed by atoms with Crippen LogP contribution in [0.25, 0.3) is 0 Å². The molecule has 20 heavy (non-hydrogen) atoms. The Morgan fingerprint density at radius 1 is 1.45 bits per heavy atom. The van der Waals surface area contributed by atoms with Crippen molar-refractivity contribution in [2.45, 2.75) is 0 Å². The van der Waals surface area contributed by atoms with Crippen LogP contribution < -0.4 is 9.47 Å². The Hall–Kier alpha value is -1.93. The zero-order chi connectivity index (χ0) is 14.7. The maximum atomic E-state index is 10.6. The van der Waals surface area contributed by atoms with Crippen LogP contribution in [-0.2, 0) is 0 Å². The fraction of sp³-hybridized carbons (Fsp3) is 0.0909. The molecule has 1 aromatic heterocycles. The number of benzene rings is 1. The lowest BCUT2D eigenvalue weighted by atomic mass is 10.3. The van der Waals surface area contributed by atoms with Gasteiger partial charge in [-0.05, 0) is 22.0 Å². The number of ether oxygens (including phenoxy) is 2. The lowest BCUT2D eigenvalue weighted by molar-refractivity contribution is -0.384. The number of nitrogens with zero attached hydrogens (tertiary/aromatic N) is 3. The first-order valence-corrected chi connectivity index (χ1v) is 6.36. The van der Waals surface area contributed by atoms with Gasteiger partial charge in [-0.25, -0.2) is 4.98 Å². The van der Waals surface area contributed by atoms with Crippen molar-refractivity contribution in [1.82, 2.24) is 9.97 Å². The number of aromatic nitrogens is 2. The smallest absolute Gasteiger partial charge is 0.325 e. The Morgan fingerprint density at radius 3 is 2.80 bits per heavy atom. The zero-order valence-corrected chi connectivity index (χ0v) is 12.4. The van der Waals surface area contributed by atoms with E-state index >= 15 is 0 Å². The summed E-state index contributed by atoms with van der Waals surface area (Å²) >= 11 is 8.99. The molecule has 0 bridgehead atoms. The fourth-order valence-corrected chi connectivity index (χ4v) is 1.93. The largest absolute Gasteiger partial charge is 0.480 e. The third kappa shape index (κ3) is 3.14. The lowest BCUT2D eigenvalue weighted by Gasteiger charge is -2.06. The minimum atomic E-state index is -0.578. The van der Waals surface area contributed by atoms with Gasteiger partial charge >= 0.3 is 6.01 Å². The summed E-state index contributed by atoms with van der Waals surface area (Å²) in [5.74, 6) is 0.591. The predicted octanol–water partition coefficient (Wildman–Crippen LogP) is 3.60. The molecule has 0 saturated carbocycles. The topological polar surface area (TPSA) is 87.4 Å². The lowest BCUT2D eigenvalue weighted by Crippen LogP contribution is -1.96. The number of methoxy groups -OCH3 is 1. The van der Waals surface area contributed by atoms with E-state index in [0.717, 1.165) is 0 Å². The number of hydrogen-bond acceptors (Lipinski definition) is 6. The number of rotatable bonds is 4.